The van der Waals surface area contributed by atoms with E-state index in [4.69, 9.17) is 21.1 Å². The van der Waals surface area contributed by atoms with Crippen LogP contribution in [0.25, 0.3) is 5.65 Å². The summed E-state index contributed by atoms with van der Waals surface area (Å²) in [6.07, 6.45) is 2.75. The summed E-state index contributed by atoms with van der Waals surface area (Å²) in [4.78, 5) is 23.2. The van der Waals surface area contributed by atoms with Gasteiger partial charge in [-0.15, -0.1) is 0 Å². The Hall–Kier alpha value is -4.25. The number of fused-ring (bicyclic) bond motifs is 1. The molecule has 4 rings (SSSR count). The van der Waals surface area contributed by atoms with E-state index >= 15 is 0 Å². The Labute approximate surface area is 199 Å². The molecular formula is C22H20ClN7O4. The summed E-state index contributed by atoms with van der Waals surface area (Å²) in [6, 6.07) is 8.52. The van der Waals surface area contributed by atoms with Gasteiger partial charge in [0, 0.05) is 18.7 Å². The van der Waals surface area contributed by atoms with E-state index in [1.165, 1.54) is 0 Å². The van der Waals surface area contributed by atoms with Gasteiger partial charge in [0.2, 0.25) is 5.65 Å². The highest BCUT2D eigenvalue weighted by Crippen LogP contribution is 2.33. The smallest absolute Gasteiger partial charge is 0.368 e. The van der Waals surface area contributed by atoms with Crippen molar-refractivity contribution < 1.29 is 14.4 Å². The van der Waals surface area contributed by atoms with Crippen molar-refractivity contribution in [3.8, 4) is 17.4 Å². The summed E-state index contributed by atoms with van der Waals surface area (Å²) in [5, 5.41) is 19.0. The van der Waals surface area contributed by atoms with Crippen LogP contribution in [-0.2, 0) is 6.54 Å². The highest BCUT2D eigenvalue weighted by atomic mass is 35.5. The van der Waals surface area contributed by atoms with Gasteiger partial charge in [-0.25, -0.2) is 15.0 Å². The zero-order valence-corrected chi connectivity index (χ0v) is 19.1. The first kappa shape index (κ1) is 22.9. The molecular weight excluding hydrogens is 462 g/mol. The molecule has 0 aliphatic heterocycles. The number of aryl methyl sites for hydroxylation is 2. The largest absolute Gasteiger partial charge is 0.486 e. The molecule has 0 saturated heterocycles. The van der Waals surface area contributed by atoms with Crippen LogP contribution < -0.4 is 14.8 Å². The molecule has 34 heavy (non-hydrogen) atoms. The molecule has 12 heteroatoms. The fraction of sp³-hybridized carbons (Fsp3) is 0.182. The number of anilines is 1. The number of nitrogens with zero attached hydrogens (tertiary/aromatic N) is 6. The van der Waals surface area contributed by atoms with Crippen molar-refractivity contribution in [2.75, 3.05) is 11.9 Å². The van der Waals surface area contributed by atoms with Gasteiger partial charge in [-0.3, -0.25) is 0 Å². The van der Waals surface area contributed by atoms with E-state index in [-0.39, 0.29) is 18.3 Å². The first-order valence-corrected chi connectivity index (χ1v) is 10.5. The van der Waals surface area contributed by atoms with Crippen LogP contribution in [0.1, 0.15) is 17.1 Å². The summed E-state index contributed by atoms with van der Waals surface area (Å²) >= 11 is 6.31. The second-order valence-corrected chi connectivity index (χ2v) is 7.55. The van der Waals surface area contributed by atoms with E-state index in [9.17, 15) is 10.1 Å². The second kappa shape index (κ2) is 9.71. The molecule has 0 fully saturated rings. The zero-order chi connectivity index (χ0) is 24.2. The van der Waals surface area contributed by atoms with Crippen molar-refractivity contribution >= 4 is 28.9 Å². The monoisotopic (exact) mass is 481 g/mol. The molecule has 174 valence electrons. The third-order valence-electron chi connectivity index (χ3n) is 4.67. The van der Waals surface area contributed by atoms with Gasteiger partial charge in [0.05, 0.1) is 5.69 Å². The number of nitro groups is 1. The van der Waals surface area contributed by atoms with E-state index in [2.05, 4.69) is 31.9 Å². The molecule has 4 aromatic rings. The molecule has 0 bridgehead atoms. The number of halogens is 1. The number of nitrogens with one attached hydrogen (secondary N) is 1. The van der Waals surface area contributed by atoms with E-state index in [0.29, 0.717) is 46.0 Å². The molecule has 0 radical (unpaired) electrons. The summed E-state index contributed by atoms with van der Waals surface area (Å²) in [5.41, 5.74) is 1.90. The Morgan fingerprint density at radius 2 is 2.06 bits per heavy atom. The van der Waals surface area contributed by atoms with E-state index in [1.54, 1.807) is 37.3 Å². The average Bonchev–Trinajstić information content (AvgIpc) is 3.24. The minimum absolute atomic E-state index is 0.140. The van der Waals surface area contributed by atoms with Crippen molar-refractivity contribution in [3.63, 3.8) is 0 Å². The summed E-state index contributed by atoms with van der Waals surface area (Å²) in [7, 11) is 0. The van der Waals surface area contributed by atoms with Crippen LogP contribution in [0.4, 0.5) is 11.6 Å². The molecule has 0 aliphatic carbocycles. The molecule has 0 atom stereocenters. The van der Waals surface area contributed by atoms with Crippen LogP contribution in [0.15, 0.2) is 49.2 Å². The van der Waals surface area contributed by atoms with Gasteiger partial charge in [-0.1, -0.05) is 34.8 Å². The van der Waals surface area contributed by atoms with Crippen LogP contribution in [0, 0.1) is 24.0 Å². The average molecular weight is 482 g/mol. The normalized spacial score (nSPS) is 10.8. The number of rotatable bonds is 9. The Morgan fingerprint density at radius 3 is 2.82 bits per heavy atom. The lowest BCUT2D eigenvalue weighted by atomic mass is 10.2. The number of benzene rings is 1. The molecule has 3 aromatic heterocycles. The molecule has 0 saturated carbocycles. The summed E-state index contributed by atoms with van der Waals surface area (Å²) < 4.78 is 12.8. The van der Waals surface area contributed by atoms with Gasteiger partial charge in [0.15, 0.2) is 11.5 Å². The third kappa shape index (κ3) is 4.89. The maximum Gasteiger partial charge on any atom is 0.368 e. The fourth-order valence-electron chi connectivity index (χ4n) is 3.15. The molecule has 0 unspecified atom stereocenters. The highest BCUT2D eigenvalue weighted by molar-refractivity contribution is 6.33. The van der Waals surface area contributed by atoms with Crippen molar-refractivity contribution in [1.29, 1.82) is 0 Å². The lowest BCUT2D eigenvalue weighted by molar-refractivity contribution is -0.391. The van der Waals surface area contributed by atoms with E-state index in [0.717, 1.165) is 16.3 Å². The van der Waals surface area contributed by atoms with Gasteiger partial charge in [0.1, 0.15) is 29.5 Å². The minimum Gasteiger partial charge on any atom is -0.486 e. The first-order valence-electron chi connectivity index (χ1n) is 10.1. The number of hydrogen-bond acceptors (Lipinski definition) is 9. The Balaban J connectivity index is 1.58. The Morgan fingerprint density at radius 1 is 1.24 bits per heavy atom. The number of hydrogen-bond donors (Lipinski definition) is 1. The lowest BCUT2D eigenvalue weighted by Gasteiger charge is -2.14. The second-order valence-electron chi connectivity index (χ2n) is 7.17. The summed E-state index contributed by atoms with van der Waals surface area (Å²) in [5.74, 6) is 1.86. The number of imidazole rings is 1. The zero-order valence-electron chi connectivity index (χ0n) is 18.4. The van der Waals surface area contributed by atoms with E-state index in [1.807, 2.05) is 13.0 Å². The third-order valence-corrected chi connectivity index (χ3v) is 5.13. The molecule has 1 N–H and O–H groups in total. The topological polar surface area (TPSA) is 130 Å². The van der Waals surface area contributed by atoms with Crippen molar-refractivity contribution in [1.82, 2.24) is 24.6 Å². The van der Waals surface area contributed by atoms with Crippen LogP contribution in [0.5, 0.6) is 17.4 Å². The SMILES string of the molecule is C=CCOc1cc(CNc2nc(C)nc(C)c2Cl)ccc1Oc1ccc2ncc([N+](=O)[O-])n2n1. The standard InChI is InChI=1S/C22H20ClN7O4/c1-4-9-33-17-10-15(11-25-22-21(23)13(2)26-14(3)27-22)5-6-16(17)34-19-8-7-18-24-12-20(30(31)32)29(18)28-19/h4-8,10,12H,1,9,11H2,2-3H3,(H,25,26,27). The van der Waals surface area contributed by atoms with Gasteiger partial charge in [-0.2, -0.15) is 0 Å². The molecule has 11 nitrogen and oxygen atoms in total. The van der Waals surface area contributed by atoms with E-state index < -0.39 is 4.92 Å². The van der Waals surface area contributed by atoms with Gasteiger partial charge in [-0.05, 0) is 41.6 Å². The fourth-order valence-corrected chi connectivity index (χ4v) is 3.30. The van der Waals surface area contributed by atoms with Gasteiger partial charge >= 0.3 is 5.82 Å². The van der Waals surface area contributed by atoms with Crippen molar-refractivity contribution in [3.05, 3.63) is 81.4 Å². The number of aromatic nitrogens is 5. The number of ether oxygens (including phenoxy) is 2. The van der Waals surface area contributed by atoms with Crippen LogP contribution in [0.2, 0.25) is 5.02 Å². The molecule has 3 heterocycles. The van der Waals surface area contributed by atoms with Crippen molar-refractivity contribution in [2.24, 2.45) is 0 Å². The van der Waals surface area contributed by atoms with Crippen molar-refractivity contribution in [2.45, 2.75) is 20.4 Å². The Bertz CT molecular complexity index is 1390. The predicted molar refractivity (Wildman–Crippen MR) is 126 cm³/mol. The van der Waals surface area contributed by atoms with Crippen LogP contribution in [-0.4, -0.2) is 36.1 Å². The summed E-state index contributed by atoms with van der Waals surface area (Å²) in [6.45, 7) is 7.97. The van der Waals surface area contributed by atoms with Crippen LogP contribution >= 0.6 is 11.6 Å². The highest BCUT2D eigenvalue weighted by Gasteiger charge is 2.18. The molecule has 0 aliphatic rings. The van der Waals surface area contributed by atoms with Gasteiger partial charge in [0.25, 0.3) is 5.88 Å². The van der Waals surface area contributed by atoms with Crippen LogP contribution in [0.3, 0.4) is 0 Å². The Kier molecular flexibility index (Phi) is 6.55. The maximum absolute atomic E-state index is 11.2. The predicted octanol–water partition coefficient (Wildman–Crippen LogP) is 4.67. The first-order chi connectivity index (χ1) is 16.4. The maximum atomic E-state index is 11.2. The lowest BCUT2D eigenvalue weighted by Crippen LogP contribution is -2.06. The molecule has 0 amide bonds. The van der Waals surface area contributed by atoms with Gasteiger partial charge < -0.3 is 24.9 Å². The minimum atomic E-state index is -0.565. The molecule has 0 spiro atoms. The quantitative estimate of drug-likeness (QED) is 0.206. The molecule has 1 aromatic carbocycles.